The van der Waals surface area contributed by atoms with Crippen LogP contribution in [-0.4, -0.2) is 13.1 Å². The van der Waals surface area contributed by atoms with Crippen molar-refractivity contribution >= 4 is 29.6 Å². The highest BCUT2D eigenvalue weighted by Gasteiger charge is 2.06. The smallest absolute Gasteiger partial charge is 0.128 e. The maximum Gasteiger partial charge on any atom is 0.128 e. The van der Waals surface area contributed by atoms with E-state index in [2.05, 4.69) is 43.2 Å². The number of nitriles is 1. The third-order valence-corrected chi connectivity index (χ3v) is 4.49. The lowest BCUT2D eigenvalue weighted by Crippen LogP contribution is -2.15. The van der Waals surface area contributed by atoms with Gasteiger partial charge in [-0.2, -0.15) is 5.26 Å². The van der Waals surface area contributed by atoms with Crippen LogP contribution < -0.4 is 0 Å². The molecule has 0 N–H and O–H groups in total. The van der Waals surface area contributed by atoms with Crippen molar-refractivity contribution in [2.75, 3.05) is 0 Å². The fourth-order valence-corrected chi connectivity index (χ4v) is 2.30. The second-order valence-electron chi connectivity index (χ2n) is 5.37. The highest BCUT2D eigenvalue weighted by Crippen LogP contribution is 2.27. The lowest BCUT2D eigenvalue weighted by atomic mass is 10.1. The minimum atomic E-state index is -1.10. The molecule has 0 saturated heterocycles. The van der Waals surface area contributed by atoms with Crippen LogP contribution >= 0.6 is 11.3 Å². The molecular formula is C15H18N2SSi. The Bertz CT molecular complexity index is 666. The van der Waals surface area contributed by atoms with Crippen molar-refractivity contribution in [3.8, 4) is 18.0 Å². The number of hydrogen-bond acceptors (Lipinski definition) is 3. The van der Waals surface area contributed by atoms with E-state index in [9.17, 15) is 0 Å². The third kappa shape index (κ3) is 4.20. The summed E-state index contributed by atoms with van der Waals surface area (Å²) in [6.07, 6.45) is 6.76. The van der Waals surface area contributed by atoms with Gasteiger partial charge in [-0.3, -0.25) is 4.98 Å². The van der Waals surface area contributed by atoms with Gasteiger partial charge in [-0.05, 0) is 25.5 Å². The Morgan fingerprint density at radius 3 is 2.37 bits per heavy atom. The molecule has 2 aromatic heterocycles. The summed E-state index contributed by atoms with van der Waals surface area (Å²) in [6, 6.07) is 4.19. The van der Waals surface area contributed by atoms with Crippen molar-refractivity contribution in [2.45, 2.75) is 33.5 Å². The van der Waals surface area contributed by atoms with Crippen molar-refractivity contribution in [3.63, 3.8) is 0 Å². The molecule has 0 aliphatic carbocycles. The lowest BCUT2D eigenvalue weighted by Gasteiger charge is -2.00. The SMILES string of the molecule is C#C[Si](C)(C)C.Cc1cc2ncc(C#N)c(C)c2s1. The van der Waals surface area contributed by atoms with Gasteiger partial charge in [0.2, 0.25) is 0 Å². The van der Waals surface area contributed by atoms with Gasteiger partial charge in [-0.25, -0.2) is 0 Å². The summed E-state index contributed by atoms with van der Waals surface area (Å²) in [6.45, 7) is 10.5. The zero-order valence-electron chi connectivity index (χ0n) is 12.0. The molecule has 0 aliphatic heterocycles. The van der Waals surface area contributed by atoms with Gasteiger partial charge in [0.15, 0.2) is 0 Å². The molecule has 2 heterocycles. The molecule has 0 spiro atoms. The number of terminal acetylenes is 1. The fourth-order valence-electron chi connectivity index (χ4n) is 1.33. The second kappa shape index (κ2) is 6.01. The number of thiophene rings is 1. The van der Waals surface area contributed by atoms with E-state index in [0.717, 1.165) is 15.8 Å². The van der Waals surface area contributed by atoms with Gasteiger partial charge >= 0.3 is 0 Å². The van der Waals surface area contributed by atoms with E-state index in [1.54, 1.807) is 17.5 Å². The summed E-state index contributed by atoms with van der Waals surface area (Å²) in [5.41, 5.74) is 5.46. The van der Waals surface area contributed by atoms with Crippen LogP contribution in [0.15, 0.2) is 12.3 Å². The molecule has 0 fully saturated rings. The first-order valence-corrected chi connectivity index (χ1v) is 10.3. The average Bonchev–Trinajstić information content (AvgIpc) is 2.71. The number of rotatable bonds is 0. The van der Waals surface area contributed by atoms with Crippen LogP contribution in [0.2, 0.25) is 19.6 Å². The first-order chi connectivity index (χ1) is 8.78. The Labute approximate surface area is 120 Å². The monoisotopic (exact) mass is 286 g/mol. The van der Waals surface area contributed by atoms with Gasteiger partial charge < -0.3 is 0 Å². The topological polar surface area (TPSA) is 36.7 Å². The normalized spacial score (nSPS) is 10.3. The number of aromatic nitrogens is 1. The summed E-state index contributed by atoms with van der Waals surface area (Å²) >= 11 is 1.69. The molecule has 0 atom stereocenters. The molecule has 0 saturated carbocycles. The maximum atomic E-state index is 8.80. The fraction of sp³-hybridized carbons (Fsp3) is 0.333. The molecule has 19 heavy (non-hydrogen) atoms. The Morgan fingerprint density at radius 2 is 1.89 bits per heavy atom. The first kappa shape index (κ1) is 15.4. The molecule has 0 amide bonds. The number of fused-ring (bicyclic) bond motifs is 1. The molecule has 0 unspecified atom stereocenters. The van der Waals surface area contributed by atoms with E-state index in [0.29, 0.717) is 5.56 Å². The second-order valence-corrected chi connectivity index (χ2v) is 11.4. The van der Waals surface area contributed by atoms with E-state index in [1.807, 2.05) is 13.0 Å². The lowest BCUT2D eigenvalue weighted by molar-refractivity contribution is 1.33. The molecule has 0 aliphatic rings. The molecule has 2 aromatic rings. The van der Waals surface area contributed by atoms with E-state index in [1.165, 1.54) is 4.88 Å². The van der Waals surface area contributed by atoms with Gasteiger partial charge in [0, 0.05) is 11.1 Å². The third-order valence-electron chi connectivity index (χ3n) is 2.47. The first-order valence-electron chi connectivity index (χ1n) is 6.02. The zero-order chi connectivity index (χ0) is 14.6. The molecule has 0 bridgehead atoms. The van der Waals surface area contributed by atoms with Crippen molar-refractivity contribution in [2.24, 2.45) is 0 Å². The summed E-state index contributed by atoms with van der Waals surface area (Å²) in [4.78, 5) is 5.46. The van der Waals surface area contributed by atoms with Gasteiger partial charge in [-0.15, -0.1) is 23.3 Å². The highest BCUT2D eigenvalue weighted by atomic mass is 32.1. The Balaban J connectivity index is 0.000000258. The Morgan fingerprint density at radius 1 is 1.32 bits per heavy atom. The molecule has 2 rings (SSSR count). The van der Waals surface area contributed by atoms with Crippen LogP contribution in [0.5, 0.6) is 0 Å². The van der Waals surface area contributed by atoms with Crippen LogP contribution in [0.1, 0.15) is 16.0 Å². The average molecular weight is 286 g/mol. The van der Waals surface area contributed by atoms with Crippen molar-refractivity contribution < 1.29 is 0 Å². The van der Waals surface area contributed by atoms with E-state index >= 15 is 0 Å². The Hall–Kier alpha value is -1.62. The summed E-state index contributed by atoms with van der Waals surface area (Å²) in [5.74, 6) is 0. The summed E-state index contributed by atoms with van der Waals surface area (Å²) < 4.78 is 1.14. The predicted molar refractivity (Wildman–Crippen MR) is 86.0 cm³/mol. The summed E-state index contributed by atoms with van der Waals surface area (Å²) in [7, 11) is -1.10. The van der Waals surface area contributed by atoms with Crippen LogP contribution in [0, 0.1) is 37.1 Å². The van der Waals surface area contributed by atoms with E-state index in [4.69, 9.17) is 11.7 Å². The van der Waals surface area contributed by atoms with Crippen LogP contribution in [0.25, 0.3) is 10.2 Å². The standard InChI is InChI=1S/C10H8N2S.C5H10Si/c1-6-3-9-10(13-6)7(2)8(4-11)5-12-9;1-5-6(2,3)4/h3,5H,1-2H3;1H,2-4H3. The van der Waals surface area contributed by atoms with Crippen LogP contribution in [0.3, 0.4) is 0 Å². The largest absolute Gasteiger partial charge is 0.254 e. The molecule has 4 heteroatoms. The van der Waals surface area contributed by atoms with Crippen LogP contribution in [0.4, 0.5) is 0 Å². The molecule has 98 valence electrons. The molecule has 2 nitrogen and oxygen atoms in total. The van der Waals surface area contributed by atoms with Gasteiger partial charge in [-0.1, -0.05) is 19.6 Å². The molecule has 0 aromatic carbocycles. The minimum Gasteiger partial charge on any atom is -0.254 e. The number of hydrogen-bond donors (Lipinski definition) is 0. The van der Waals surface area contributed by atoms with E-state index < -0.39 is 8.07 Å². The van der Waals surface area contributed by atoms with Crippen molar-refractivity contribution in [1.29, 1.82) is 5.26 Å². The summed E-state index contributed by atoms with van der Waals surface area (Å²) in [5, 5.41) is 8.80. The van der Waals surface area contributed by atoms with Crippen molar-refractivity contribution in [1.82, 2.24) is 4.98 Å². The van der Waals surface area contributed by atoms with Gasteiger partial charge in [0.1, 0.15) is 14.1 Å². The van der Waals surface area contributed by atoms with Crippen molar-refractivity contribution in [3.05, 3.63) is 28.3 Å². The van der Waals surface area contributed by atoms with Crippen LogP contribution in [-0.2, 0) is 0 Å². The molecule has 0 radical (unpaired) electrons. The quantitative estimate of drug-likeness (QED) is 0.535. The highest BCUT2D eigenvalue weighted by molar-refractivity contribution is 7.19. The number of nitrogens with zero attached hydrogens (tertiary/aromatic N) is 2. The molecular weight excluding hydrogens is 268 g/mol. The number of pyridine rings is 1. The predicted octanol–water partition coefficient (Wildman–Crippen LogP) is 4.28. The van der Waals surface area contributed by atoms with Gasteiger partial charge in [0.25, 0.3) is 0 Å². The van der Waals surface area contributed by atoms with Gasteiger partial charge in [0.05, 0.1) is 15.8 Å². The maximum absolute atomic E-state index is 8.80. The minimum absolute atomic E-state index is 0.675. The Kier molecular flexibility index (Phi) is 4.88. The zero-order valence-corrected chi connectivity index (χ0v) is 13.9. The number of aryl methyl sites for hydroxylation is 2. The van der Waals surface area contributed by atoms with E-state index in [-0.39, 0.29) is 0 Å².